The van der Waals surface area contributed by atoms with Crippen molar-refractivity contribution < 1.29 is 14.3 Å². The van der Waals surface area contributed by atoms with Crippen molar-refractivity contribution in [3.8, 4) is 11.5 Å². The molecule has 114 valence electrons. The Balaban J connectivity index is 1.66. The lowest BCUT2D eigenvalue weighted by atomic mass is 9.99. The number of hydrogen-bond acceptors (Lipinski definition) is 3. The molecule has 0 N–H and O–H groups in total. The molecule has 2 aromatic carbocycles. The van der Waals surface area contributed by atoms with E-state index in [1.807, 2.05) is 12.1 Å². The molecule has 0 amide bonds. The van der Waals surface area contributed by atoms with Gasteiger partial charge in [0, 0.05) is 0 Å². The molecular formula is C19H20O3. The molecule has 1 saturated carbocycles. The first-order valence-corrected chi connectivity index (χ1v) is 7.66. The standard InChI is InChI=1S/C19H20O3/c1-3-21-18(20)14-4-8-16(9-5-14)22-17-10-6-15(7-11-17)19(2)12-13-19/h4-11H,3,12-13H2,1-2H3. The molecule has 0 radical (unpaired) electrons. The minimum atomic E-state index is -0.309. The summed E-state index contributed by atoms with van der Waals surface area (Å²) in [6.07, 6.45) is 2.53. The maximum Gasteiger partial charge on any atom is 0.338 e. The highest BCUT2D eigenvalue weighted by molar-refractivity contribution is 5.89. The molecule has 0 heterocycles. The minimum absolute atomic E-state index is 0.309. The molecule has 3 rings (SSSR count). The van der Waals surface area contributed by atoms with Crippen LogP contribution in [0.4, 0.5) is 0 Å². The Hall–Kier alpha value is -2.29. The van der Waals surface area contributed by atoms with Crippen LogP contribution >= 0.6 is 0 Å². The van der Waals surface area contributed by atoms with Gasteiger partial charge in [-0.1, -0.05) is 19.1 Å². The molecule has 0 bridgehead atoms. The van der Waals surface area contributed by atoms with E-state index in [1.165, 1.54) is 18.4 Å². The van der Waals surface area contributed by atoms with Crippen molar-refractivity contribution in [2.45, 2.75) is 32.1 Å². The zero-order chi connectivity index (χ0) is 15.6. The van der Waals surface area contributed by atoms with Crippen LogP contribution in [-0.4, -0.2) is 12.6 Å². The number of benzene rings is 2. The van der Waals surface area contributed by atoms with Gasteiger partial charge < -0.3 is 9.47 Å². The normalized spacial score (nSPS) is 15.2. The molecule has 1 fully saturated rings. The molecule has 2 aromatic rings. The molecule has 1 aliphatic carbocycles. The van der Waals surface area contributed by atoms with Gasteiger partial charge in [0.15, 0.2) is 0 Å². The highest BCUT2D eigenvalue weighted by Gasteiger charge is 2.38. The third kappa shape index (κ3) is 3.14. The van der Waals surface area contributed by atoms with E-state index in [-0.39, 0.29) is 5.97 Å². The second-order valence-electron chi connectivity index (χ2n) is 5.93. The van der Waals surface area contributed by atoms with Crippen molar-refractivity contribution >= 4 is 5.97 Å². The quantitative estimate of drug-likeness (QED) is 0.750. The van der Waals surface area contributed by atoms with Crippen molar-refractivity contribution in [3.63, 3.8) is 0 Å². The van der Waals surface area contributed by atoms with Crippen LogP contribution in [0, 0.1) is 0 Å². The largest absolute Gasteiger partial charge is 0.462 e. The predicted octanol–water partition coefficient (Wildman–Crippen LogP) is 4.71. The van der Waals surface area contributed by atoms with Gasteiger partial charge in [-0.05, 0) is 67.1 Å². The summed E-state index contributed by atoms with van der Waals surface area (Å²) in [7, 11) is 0. The van der Waals surface area contributed by atoms with Gasteiger partial charge in [-0.25, -0.2) is 4.79 Å². The van der Waals surface area contributed by atoms with E-state index in [4.69, 9.17) is 9.47 Å². The maximum atomic E-state index is 11.6. The molecule has 3 heteroatoms. The van der Waals surface area contributed by atoms with E-state index in [9.17, 15) is 4.79 Å². The second kappa shape index (κ2) is 5.84. The fourth-order valence-electron chi connectivity index (χ4n) is 2.41. The van der Waals surface area contributed by atoms with Gasteiger partial charge in [-0.3, -0.25) is 0 Å². The lowest BCUT2D eigenvalue weighted by Crippen LogP contribution is -2.04. The summed E-state index contributed by atoms with van der Waals surface area (Å²) in [6.45, 7) is 4.46. The Morgan fingerprint density at radius 1 is 1.00 bits per heavy atom. The van der Waals surface area contributed by atoms with Gasteiger partial charge in [-0.15, -0.1) is 0 Å². The molecular weight excluding hydrogens is 276 g/mol. The molecule has 22 heavy (non-hydrogen) atoms. The Morgan fingerprint density at radius 3 is 2.05 bits per heavy atom. The highest BCUT2D eigenvalue weighted by atomic mass is 16.5. The summed E-state index contributed by atoms with van der Waals surface area (Å²) < 4.78 is 10.8. The third-order valence-corrected chi connectivity index (χ3v) is 4.15. The van der Waals surface area contributed by atoms with Crippen molar-refractivity contribution in [2.24, 2.45) is 0 Å². The van der Waals surface area contributed by atoms with Crippen molar-refractivity contribution in [1.29, 1.82) is 0 Å². The van der Waals surface area contributed by atoms with E-state index in [2.05, 4.69) is 19.1 Å². The summed E-state index contributed by atoms with van der Waals surface area (Å²) in [4.78, 5) is 11.6. The molecule has 0 aromatic heterocycles. The van der Waals surface area contributed by atoms with Crippen LogP contribution in [0.3, 0.4) is 0 Å². The van der Waals surface area contributed by atoms with Crippen molar-refractivity contribution in [3.05, 3.63) is 59.7 Å². The molecule has 1 aliphatic rings. The smallest absolute Gasteiger partial charge is 0.338 e. The fraction of sp³-hybridized carbons (Fsp3) is 0.316. The summed E-state index contributed by atoms with van der Waals surface area (Å²) >= 11 is 0. The Kier molecular flexibility index (Phi) is 3.88. The Morgan fingerprint density at radius 2 is 1.55 bits per heavy atom. The van der Waals surface area contributed by atoms with Crippen molar-refractivity contribution in [1.82, 2.24) is 0 Å². The van der Waals surface area contributed by atoms with Crippen LogP contribution in [0.15, 0.2) is 48.5 Å². The summed E-state index contributed by atoms with van der Waals surface area (Å²) in [5, 5.41) is 0. The zero-order valence-corrected chi connectivity index (χ0v) is 13.0. The fourth-order valence-corrected chi connectivity index (χ4v) is 2.41. The minimum Gasteiger partial charge on any atom is -0.462 e. The second-order valence-corrected chi connectivity index (χ2v) is 5.93. The lowest BCUT2D eigenvalue weighted by molar-refractivity contribution is 0.0526. The molecule has 0 saturated heterocycles. The molecule has 0 atom stereocenters. The number of hydrogen-bond donors (Lipinski definition) is 0. The SMILES string of the molecule is CCOC(=O)c1ccc(Oc2ccc(C3(C)CC3)cc2)cc1. The van der Waals surface area contributed by atoms with Crippen LogP contribution in [0.5, 0.6) is 11.5 Å². The summed E-state index contributed by atoms with van der Waals surface area (Å²) in [6, 6.07) is 15.3. The van der Waals surface area contributed by atoms with Crippen LogP contribution in [0.1, 0.15) is 42.6 Å². The monoisotopic (exact) mass is 296 g/mol. The molecule has 0 aliphatic heterocycles. The number of carbonyl (C=O) groups excluding carboxylic acids is 1. The van der Waals surface area contributed by atoms with Gasteiger partial charge in [0.2, 0.25) is 0 Å². The number of rotatable bonds is 5. The highest BCUT2D eigenvalue weighted by Crippen LogP contribution is 2.47. The van der Waals surface area contributed by atoms with E-state index in [1.54, 1.807) is 31.2 Å². The third-order valence-electron chi connectivity index (χ3n) is 4.15. The van der Waals surface area contributed by atoms with Crippen LogP contribution in [-0.2, 0) is 10.2 Å². The first kappa shape index (κ1) is 14.6. The van der Waals surface area contributed by atoms with Crippen LogP contribution in [0.25, 0.3) is 0 Å². The molecule has 3 nitrogen and oxygen atoms in total. The van der Waals surface area contributed by atoms with Crippen LogP contribution in [0.2, 0.25) is 0 Å². The van der Waals surface area contributed by atoms with Gasteiger partial charge in [-0.2, -0.15) is 0 Å². The van der Waals surface area contributed by atoms with Gasteiger partial charge >= 0.3 is 5.97 Å². The zero-order valence-electron chi connectivity index (χ0n) is 13.0. The van der Waals surface area contributed by atoms with E-state index >= 15 is 0 Å². The Labute approximate surface area is 130 Å². The molecule has 0 spiro atoms. The van der Waals surface area contributed by atoms with Crippen molar-refractivity contribution in [2.75, 3.05) is 6.61 Å². The van der Waals surface area contributed by atoms with Crippen LogP contribution < -0.4 is 4.74 Å². The summed E-state index contributed by atoms with van der Waals surface area (Å²) in [5.74, 6) is 1.20. The average Bonchev–Trinajstić information content (AvgIpc) is 3.28. The van der Waals surface area contributed by atoms with E-state index < -0.39 is 0 Å². The van der Waals surface area contributed by atoms with E-state index in [0.717, 1.165) is 5.75 Å². The first-order valence-electron chi connectivity index (χ1n) is 7.66. The topological polar surface area (TPSA) is 35.5 Å². The van der Waals surface area contributed by atoms with Gasteiger partial charge in [0.25, 0.3) is 0 Å². The Bertz CT molecular complexity index is 652. The number of ether oxygens (including phenoxy) is 2. The number of carbonyl (C=O) groups is 1. The van der Waals surface area contributed by atoms with E-state index in [0.29, 0.717) is 23.3 Å². The average molecular weight is 296 g/mol. The maximum absolute atomic E-state index is 11.6. The van der Waals surface area contributed by atoms with Gasteiger partial charge in [0.05, 0.1) is 12.2 Å². The first-order chi connectivity index (χ1) is 10.6. The summed E-state index contributed by atoms with van der Waals surface area (Å²) in [5.41, 5.74) is 2.28. The number of esters is 1. The lowest BCUT2D eigenvalue weighted by Gasteiger charge is -2.11. The molecule has 0 unspecified atom stereocenters. The van der Waals surface area contributed by atoms with Gasteiger partial charge in [0.1, 0.15) is 11.5 Å². The predicted molar refractivity (Wildman–Crippen MR) is 85.5 cm³/mol.